The molecular formula is C12H25N. The molecule has 78 valence electrons. The molecule has 0 aromatic carbocycles. The molecule has 1 heteroatoms. The van der Waals surface area contributed by atoms with Crippen LogP contribution >= 0.6 is 0 Å². The standard InChI is InChI=1S/C12H25N/c1-11(2,3)13-10-7-6-8-12(4,5)9-10/h10,13H,6-9H2,1-5H3. The van der Waals surface area contributed by atoms with Gasteiger partial charge in [-0.05, 0) is 45.4 Å². The lowest BCUT2D eigenvalue weighted by molar-refractivity contribution is 0.177. The smallest absolute Gasteiger partial charge is 0.00991 e. The predicted molar refractivity (Wildman–Crippen MR) is 58.9 cm³/mol. The summed E-state index contributed by atoms with van der Waals surface area (Å²) < 4.78 is 0. The molecule has 1 atom stereocenters. The van der Waals surface area contributed by atoms with E-state index in [0.717, 1.165) is 6.04 Å². The summed E-state index contributed by atoms with van der Waals surface area (Å²) in [6.45, 7) is 11.6. The summed E-state index contributed by atoms with van der Waals surface area (Å²) in [6, 6.07) is 0.740. The fraction of sp³-hybridized carbons (Fsp3) is 1.00. The van der Waals surface area contributed by atoms with Gasteiger partial charge in [-0.2, -0.15) is 0 Å². The Labute approximate surface area is 83.3 Å². The minimum absolute atomic E-state index is 0.276. The van der Waals surface area contributed by atoms with Gasteiger partial charge in [0.25, 0.3) is 0 Å². The number of hydrogen-bond acceptors (Lipinski definition) is 1. The van der Waals surface area contributed by atoms with E-state index in [9.17, 15) is 0 Å². The average Bonchev–Trinajstić information content (AvgIpc) is 1.79. The number of hydrogen-bond donors (Lipinski definition) is 1. The molecule has 1 fully saturated rings. The van der Waals surface area contributed by atoms with Crippen molar-refractivity contribution in [1.82, 2.24) is 5.32 Å². The van der Waals surface area contributed by atoms with Crippen molar-refractivity contribution in [2.75, 3.05) is 0 Å². The van der Waals surface area contributed by atoms with Crippen molar-refractivity contribution < 1.29 is 0 Å². The summed E-state index contributed by atoms with van der Waals surface area (Å²) in [5.41, 5.74) is 0.833. The summed E-state index contributed by atoms with van der Waals surface area (Å²) in [5, 5.41) is 3.71. The van der Waals surface area contributed by atoms with Gasteiger partial charge < -0.3 is 5.32 Å². The van der Waals surface area contributed by atoms with Crippen LogP contribution in [0.15, 0.2) is 0 Å². The van der Waals surface area contributed by atoms with Gasteiger partial charge in [0.05, 0.1) is 0 Å². The van der Waals surface area contributed by atoms with E-state index in [1.54, 1.807) is 0 Å². The highest BCUT2D eigenvalue weighted by Crippen LogP contribution is 2.35. The van der Waals surface area contributed by atoms with Crippen molar-refractivity contribution in [1.29, 1.82) is 0 Å². The lowest BCUT2D eigenvalue weighted by Crippen LogP contribution is -2.47. The van der Waals surface area contributed by atoms with Crippen molar-refractivity contribution in [2.24, 2.45) is 5.41 Å². The molecule has 1 aliphatic rings. The zero-order valence-electron chi connectivity index (χ0n) is 9.91. The molecule has 0 aromatic rings. The molecule has 0 radical (unpaired) electrons. The van der Waals surface area contributed by atoms with Crippen molar-refractivity contribution in [3.8, 4) is 0 Å². The fourth-order valence-corrected chi connectivity index (χ4v) is 2.43. The van der Waals surface area contributed by atoms with Crippen LogP contribution < -0.4 is 5.32 Å². The Kier molecular flexibility index (Phi) is 3.06. The summed E-state index contributed by atoms with van der Waals surface area (Å²) in [5.74, 6) is 0. The van der Waals surface area contributed by atoms with Crippen molar-refractivity contribution in [3.63, 3.8) is 0 Å². The Morgan fingerprint density at radius 1 is 1.23 bits per heavy atom. The largest absolute Gasteiger partial charge is 0.309 e. The zero-order valence-corrected chi connectivity index (χ0v) is 9.91. The van der Waals surface area contributed by atoms with Gasteiger partial charge in [-0.3, -0.25) is 0 Å². The van der Waals surface area contributed by atoms with Crippen molar-refractivity contribution >= 4 is 0 Å². The highest BCUT2D eigenvalue weighted by molar-refractivity contribution is 4.86. The normalized spacial score (nSPS) is 28.8. The molecule has 1 saturated carbocycles. The van der Waals surface area contributed by atoms with Gasteiger partial charge in [0.1, 0.15) is 0 Å². The zero-order chi connectivity index (χ0) is 10.1. The molecule has 1 rings (SSSR count). The van der Waals surface area contributed by atoms with Crippen molar-refractivity contribution in [3.05, 3.63) is 0 Å². The molecule has 1 nitrogen and oxygen atoms in total. The quantitative estimate of drug-likeness (QED) is 0.657. The number of nitrogens with one attached hydrogen (secondary N) is 1. The number of rotatable bonds is 1. The van der Waals surface area contributed by atoms with Crippen LogP contribution in [0.4, 0.5) is 0 Å². The Bertz CT molecular complexity index is 162. The van der Waals surface area contributed by atoms with Crippen LogP contribution in [-0.4, -0.2) is 11.6 Å². The maximum Gasteiger partial charge on any atom is 0.00991 e. The summed E-state index contributed by atoms with van der Waals surface area (Å²) in [7, 11) is 0. The van der Waals surface area contributed by atoms with Gasteiger partial charge >= 0.3 is 0 Å². The second kappa shape index (κ2) is 3.61. The Morgan fingerprint density at radius 2 is 1.85 bits per heavy atom. The molecule has 0 spiro atoms. The first kappa shape index (κ1) is 11.0. The van der Waals surface area contributed by atoms with E-state index in [1.165, 1.54) is 25.7 Å². The fourth-order valence-electron chi connectivity index (χ4n) is 2.43. The molecule has 1 N–H and O–H groups in total. The van der Waals surface area contributed by atoms with E-state index in [2.05, 4.69) is 39.9 Å². The highest BCUT2D eigenvalue weighted by Gasteiger charge is 2.29. The maximum absolute atomic E-state index is 3.71. The van der Waals surface area contributed by atoms with E-state index in [4.69, 9.17) is 0 Å². The lowest BCUT2D eigenvalue weighted by atomic mass is 9.75. The molecule has 0 bridgehead atoms. The molecule has 0 heterocycles. The van der Waals surface area contributed by atoms with E-state index in [-0.39, 0.29) is 5.54 Å². The van der Waals surface area contributed by atoms with Crippen LogP contribution in [-0.2, 0) is 0 Å². The summed E-state index contributed by atoms with van der Waals surface area (Å²) in [6.07, 6.45) is 5.49. The predicted octanol–water partition coefficient (Wildman–Crippen LogP) is 3.34. The minimum Gasteiger partial charge on any atom is -0.309 e. The molecular weight excluding hydrogens is 158 g/mol. The first-order valence-corrected chi connectivity index (χ1v) is 5.56. The third-order valence-corrected chi connectivity index (χ3v) is 2.84. The van der Waals surface area contributed by atoms with Gasteiger partial charge in [0.15, 0.2) is 0 Å². The SMILES string of the molecule is CC1(C)CCCC(NC(C)(C)C)C1. The van der Waals surface area contributed by atoms with Crippen LogP contribution in [0.5, 0.6) is 0 Å². The topological polar surface area (TPSA) is 12.0 Å². The maximum atomic E-state index is 3.71. The average molecular weight is 183 g/mol. The monoisotopic (exact) mass is 183 g/mol. The van der Waals surface area contributed by atoms with Crippen LogP contribution in [0.3, 0.4) is 0 Å². The Hall–Kier alpha value is -0.0400. The molecule has 0 saturated heterocycles. The van der Waals surface area contributed by atoms with Gasteiger partial charge in [-0.1, -0.05) is 20.3 Å². The van der Waals surface area contributed by atoms with Crippen molar-refractivity contribution in [2.45, 2.75) is 71.9 Å². The van der Waals surface area contributed by atoms with Gasteiger partial charge in [0.2, 0.25) is 0 Å². The van der Waals surface area contributed by atoms with Crippen LogP contribution in [0.2, 0.25) is 0 Å². The first-order valence-electron chi connectivity index (χ1n) is 5.56. The molecule has 13 heavy (non-hydrogen) atoms. The molecule has 1 unspecified atom stereocenters. The van der Waals surface area contributed by atoms with Crippen LogP contribution in [0.25, 0.3) is 0 Å². The van der Waals surface area contributed by atoms with E-state index in [1.807, 2.05) is 0 Å². The molecule has 0 aromatic heterocycles. The second-order valence-corrected chi connectivity index (χ2v) is 6.35. The van der Waals surface area contributed by atoms with E-state index >= 15 is 0 Å². The van der Waals surface area contributed by atoms with Crippen LogP contribution in [0.1, 0.15) is 60.3 Å². The summed E-state index contributed by atoms with van der Waals surface area (Å²) >= 11 is 0. The third kappa shape index (κ3) is 4.12. The third-order valence-electron chi connectivity index (χ3n) is 2.84. The van der Waals surface area contributed by atoms with Gasteiger partial charge in [0, 0.05) is 11.6 Å². The molecule has 0 amide bonds. The first-order chi connectivity index (χ1) is 5.79. The minimum atomic E-state index is 0.276. The molecule has 0 aliphatic heterocycles. The second-order valence-electron chi connectivity index (χ2n) is 6.35. The van der Waals surface area contributed by atoms with Gasteiger partial charge in [-0.15, -0.1) is 0 Å². The van der Waals surface area contributed by atoms with E-state index < -0.39 is 0 Å². The lowest BCUT2D eigenvalue weighted by Gasteiger charge is -2.39. The van der Waals surface area contributed by atoms with E-state index in [0.29, 0.717) is 5.41 Å². The Morgan fingerprint density at radius 3 is 2.31 bits per heavy atom. The highest BCUT2D eigenvalue weighted by atomic mass is 15.0. The van der Waals surface area contributed by atoms with Gasteiger partial charge in [-0.25, -0.2) is 0 Å². The van der Waals surface area contributed by atoms with Crippen LogP contribution in [0, 0.1) is 5.41 Å². The molecule has 1 aliphatic carbocycles. The summed E-state index contributed by atoms with van der Waals surface area (Å²) in [4.78, 5) is 0. The Balaban J connectivity index is 2.44.